The summed E-state index contributed by atoms with van der Waals surface area (Å²) < 4.78 is 60.1. The second kappa shape index (κ2) is 13.0. The van der Waals surface area contributed by atoms with Gasteiger partial charge in [-0.25, -0.2) is 13.2 Å². The zero-order chi connectivity index (χ0) is 37.6. The van der Waals surface area contributed by atoms with E-state index in [2.05, 4.69) is 20.9 Å². The minimum absolute atomic E-state index is 0.00341. The van der Waals surface area contributed by atoms with Gasteiger partial charge in [-0.15, -0.1) is 11.3 Å². The molecular weight excluding hydrogens is 741 g/mol. The molecule has 4 aliphatic heterocycles. The fourth-order valence-electron chi connectivity index (χ4n) is 9.25. The van der Waals surface area contributed by atoms with E-state index in [0.717, 1.165) is 30.7 Å². The van der Waals surface area contributed by atoms with Gasteiger partial charge in [0.05, 0.1) is 50.2 Å². The topological polar surface area (TPSA) is 145 Å². The molecule has 1 saturated carbocycles. The zero-order valence-corrected chi connectivity index (χ0v) is 31.0. The SMILES string of the molecule is C[C@H]1COc2c(Cl)c(-c3ccc(F)c4sc(N)c(C#N)c34)c(F)c3nc(OC[C@@]45CCCN4C[C@H](F)C5)nc(c23)N1C1CCN(C(=O)C2CC2C#N)CC1. The van der Waals surface area contributed by atoms with E-state index in [4.69, 9.17) is 31.8 Å². The average Bonchev–Trinajstić information content (AvgIpc) is 3.65. The fraction of sp³-hybridized carbons (Fsp3) is 0.500. The molecule has 2 unspecified atom stereocenters. The number of fused-ring (bicyclic) bond motifs is 2. The number of anilines is 2. The lowest BCUT2D eigenvalue weighted by Crippen LogP contribution is -2.51. The molecule has 6 heterocycles. The Morgan fingerprint density at radius 2 is 2.00 bits per heavy atom. The highest BCUT2D eigenvalue weighted by molar-refractivity contribution is 7.23. The van der Waals surface area contributed by atoms with Gasteiger partial charge in [0.15, 0.2) is 11.6 Å². The third-order valence-electron chi connectivity index (χ3n) is 12.0. The molecule has 1 amide bonds. The summed E-state index contributed by atoms with van der Waals surface area (Å²) in [5, 5.41) is 19.7. The van der Waals surface area contributed by atoms with E-state index in [9.17, 15) is 19.7 Å². The number of hydrogen-bond donors (Lipinski definition) is 1. The van der Waals surface area contributed by atoms with Crippen molar-refractivity contribution in [2.24, 2.45) is 11.8 Å². The van der Waals surface area contributed by atoms with E-state index in [0.29, 0.717) is 51.1 Å². The molecule has 3 saturated heterocycles. The van der Waals surface area contributed by atoms with Gasteiger partial charge in [-0.3, -0.25) is 9.69 Å². The first-order chi connectivity index (χ1) is 26.0. The molecule has 54 heavy (non-hydrogen) atoms. The van der Waals surface area contributed by atoms with Gasteiger partial charge in [-0.2, -0.15) is 20.5 Å². The Morgan fingerprint density at radius 3 is 2.74 bits per heavy atom. The van der Waals surface area contributed by atoms with Gasteiger partial charge >= 0.3 is 6.01 Å². The van der Waals surface area contributed by atoms with Crippen molar-refractivity contribution in [2.45, 2.75) is 69.2 Å². The number of rotatable bonds is 6. The number of nitriles is 2. The number of benzene rings is 2. The summed E-state index contributed by atoms with van der Waals surface area (Å²) in [5.74, 6) is -1.42. The first kappa shape index (κ1) is 35.2. The summed E-state index contributed by atoms with van der Waals surface area (Å²) in [6.45, 7) is 4.28. The zero-order valence-electron chi connectivity index (χ0n) is 29.4. The number of amides is 1. The second-order valence-electron chi connectivity index (χ2n) is 15.2. The number of thiophene rings is 1. The minimum atomic E-state index is -0.977. The standard InChI is InChI=1S/C38H36ClF3N8O3S/c1-18-16-52-32-28-31(30(42)27(29(32)39)22-3-4-25(41)33-26(22)24(14-44)34(45)54-33)46-37(53-17-38-7-2-8-49(38)15-20(40)12-38)47-35(28)50(18)21-5-9-48(10-6-21)36(51)23-11-19(23)13-43/h3-4,18-21,23H,2,5-12,15-17,45H2,1H3/t18-,19?,20+,23?,38-/m0/s1. The minimum Gasteiger partial charge on any atom is -0.489 e. The summed E-state index contributed by atoms with van der Waals surface area (Å²) in [6.07, 6.45) is 2.77. The molecule has 4 aromatic rings. The van der Waals surface area contributed by atoms with Crippen molar-refractivity contribution in [3.8, 4) is 35.0 Å². The van der Waals surface area contributed by atoms with Gasteiger partial charge in [0.25, 0.3) is 0 Å². The van der Waals surface area contributed by atoms with Crippen molar-refractivity contribution >= 4 is 60.7 Å². The quantitative estimate of drug-likeness (QED) is 0.228. The summed E-state index contributed by atoms with van der Waals surface area (Å²) in [6, 6.07) is 6.27. The molecule has 2 aromatic heterocycles. The Hall–Kier alpha value is -4.57. The number of hydrogen-bond acceptors (Lipinski definition) is 11. The smallest absolute Gasteiger partial charge is 0.319 e. The highest BCUT2D eigenvalue weighted by atomic mass is 35.5. The molecule has 0 spiro atoms. The summed E-state index contributed by atoms with van der Waals surface area (Å²) in [5.41, 5.74) is 5.51. The van der Waals surface area contributed by atoms with E-state index >= 15 is 8.78 Å². The molecule has 11 nitrogen and oxygen atoms in total. The predicted octanol–water partition coefficient (Wildman–Crippen LogP) is 6.59. The van der Waals surface area contributed by atoms with E-state index in [-0.39, 0.29) is 103 Å². The lowest BCUT2D eigenvalue weighted by Gasteiger charge is -2.41. The van der Waals surface area contributed by atoms with Crippen molar-refractivity contribution in [1.29, 1.82) is 10.5 Å². The van der Waals surface area contributed by atoms with Crippen LogP contribution in [0.2, 0.25) is 5.02 Å². The lowest BCUT2D eigenvalue weighted by molar-refractivity contribution is -0.133. The van der Waals surface area contributed by atoms with Crippen LogP contribution in [0, 0.1) is 46.1 Å². The predicted molar refractivity (Wildman–Crippen MR) is 197 cm³/mol. The highest BCUT2D eigenvalue weighted by Crippen LogP contribution is 2.52. The Kier molecular flexibility index (Phi) is 8.48. The van der Waals surface area contributed by atoms with Gasteiger partial charge in [-0.05, 0) is 57.2 Å². The van der Waals surface area contributed by atoms with Gasteiger partial charge in [-0.1, -0.05) is 17.7 Å². The highest BCUT2D eigenvalue weighted by Gasteiger charge is 2.50. The molecule has 4 fully saturated rings. The van der Waals surface area contributed by atoms with Crippen LogP contribution in [-0.4, -0.2) is 88.9 Å². The molecule has 5 atom stereocenters. The van der Waals surface area contributed by atoms with Crippen molar-refractivity contribution < 1.29 is 27.4 Å². The van der Waals surface area contributed by atoms with Gasteiger partial charge < -0.3 is 25.0 Å². The van der Waals surface area contributed by atoms with E-state index in [1.54, 1.807) is 0 Å². The molecule has 0 bridgehead atoms. The van der Waals surface area contributed by atoms with Crippen LogP contribution in [0.1, 0.15) is 51.0 Å². The van der Waals surface area contributed by atoms with Gasteiger partial charge in [0.1, 0.15) is 47.6 Å². The number of likely N-dealkylation sites (tertiary alicyclic amines) is 1. The number of ether oxygens (including phenoxy) is 2. The van der Waals surface area contributed by atoms with Crippen LogP contribution in [0.15, 0.2) is 12.1 Å². The van der Waals surface area contributed by atoms with Gasteiger partial charge in [0, 0.05) is 43.0 Å². The molecule has 2 aromatic carbocycles. The molecule has 1 aliphatic carbocycles. The number of alkyl halides is 1. The summed E-state index contributed by atoms with van der Waals surface area (Å²) >= 11 is 8.02. The monoisotopic (exact) mass is 776 g/mol. The maximum absolute atomic E-state index is 17.4. The van der Waals surface area contributed by atoms with Crippen molar-refractivity contribution in [3.05, 3.63) is 34.4 Å². The molecule has 5 aliphatic rings. The Labute approximate surface area is 318 Å². The van der Waals surface area contributed by atoms with Gasteiger partial charge in [0.2, 0.25) is 5.91 Å². The molecule has 2 N–H and O–H groups in total. The van der Waals surface area contributed by atoms with Crippen LogP contribution < -0.4 is 20.1 Å². The number of nitrogens with zero attached hydrogens (tertiary/aromatic N) is 7. The average molecular weight is 777 g/mol. The van der Waals surface area contributed by atoms with Crippen LogP contribution >= 0.6 is 22.9 Å². The maximum Gasteiger partial charge on any atom is 0.319 e. The third-order valence-corrected chi connectivity index (χ3v) is 13.4. The Balaban J connectivity index is 1.18. The van der Waals surface area contributed by atoms with Crippen molar-refractivity contribution in [2.75, 3.05) is 50.0 Å². The van der Waals surface area contributed by atoms with Crippen LogP contribution in [0.5, 0.6) is 11.8 Å². The molecular formula is C38H36ClF3N8O3S. The first-order valence-electron chi connectivity index (χ1n) is 18.3. The van der Waals surface area contributed by atoms with E-state index < -0.39 is 23.3 Å². The van der Waals surface area contributed by atoms with E-state index in [1.807, 2.05) is 17.9 Å². The number of carbonyl (C=O) groups is 1. The Morgan fingerprint density at radius 1 is 1.20 bits per heavy atom. The molecule has 280 valence electrons. The Bertz CT molecular complexity index is 2320. The van der Waals surface area contributed by atoms with Crippen LogP contribution in [0.3, 0.4) is 0 Å². The second-order valence-corrected chi connectivity index (χ2v) is 16.6. The van der Waals surface area contributed by atoms with Crippen molar-refractivity contribution in [3.63, 3.8) is 0 Å². The van der Waals surface area contributed by atoms with Crippen molar-refractivity contribution in [1.82, 2.24) is 19.8 Å². The number of aromatic nitrogens is 2. The van der Waals surface area contributed by atoms with Crippen LogP contribution in [0.25, 0.3) is 32.1 Å². The first-order valence-corrected chi connectivity index (χ1v) is 19.5. The van der Waals surface area contributed by atoms with E-state index in [1.165, 1.54) is 12.1 Å². The fourth-order valence-corrected chi connectivity index (χ4v) is 10.5. The normalized spacial score (nSPS) is 26.7. The number of nitrogen functional groups attached to an aromatic ring is 1. The lowest BCUT2D eigenvalue weighted by atomic mass is 9.95. The maximum atomic E-state index is 17.4. The summed E-state index contributed by atoms with van der Waals surface area (Å²) in [7, 11) is 0. The largest absolute Gasteiger partial charge is 0.489 e. The molecule has 16 heteroatoms. The number of piperidine rings is 1. The summed E-state index contributed by atoms with van der Waals surface area (Å²) in [4.78, 5) is 28.7. The number of carbonyl (C=O) groups excluding carboxylic acids is 1. The van der Waals surface area contributed by atoms with Crippen LogP contribution in [0.4, 0.5) is 24.0 Å². The number of nitrogens with two attached hydrogens (primary N) is 1. The molecule has 9 rings (SSSR count). The molecule has 0 radical (unpaired) electrons. The third kappa shape index (κ3) is 5.41. The van der Waals surface area contributed by atoms with Crippen LogP contribution in [-0.2, 0) is 4.79 Å². The number of halogens is 4.